The highest BCUT2D eigenvalue weighted by Gasteiger charge is 2.30. The number of halogens is 2. The first-order valence-electron chi connectivity index (χ1n) is 13.7. The molecule has 0 spiro atoms. The molecule has 14 heteroatoms. The van der Waals surface area contributed by atoms with Crippen molar-refractivity contribution in [2.75, 3.05) is 16.8 Å². The van der Waals surface area contributed by atoms with Crippen molar-refractivity contribution in [3.63, 3.8) is 0 Å². The van der Waals surface area contributed by atoms with E-state index in [1.807, 2.05) is 27.7 Å². The second kappa shape index (κ2) is 12.3. The molecule has 1 aromatic carbocycles. The molecule has 4 aromatic rings. The van der Waals surface area contributed by atoms with Gasteiger partial charge in [0.2, 0.25) is 0 Å². The summed E-state index contributed by atoms with van der Waals surface area (Å²) >= 11 is 0. The summed E-state index contributed by atoms with van der Waals surface area (Å²) in [6.45, 7) is 12.5. The maximum absolute atomic E-state index is 15.1. The number of hydrogen-bond donors (Lipinski definition) is 1. The molecule has 3 aromatic heterocycles. The summed E-state index contributed by atoms with van der Waals surface area (Å²) in [6, 6.07) is 6.70. The number of aryl methyl sites for hydroxylation is 1. The topological polar surface area (TPSA) is 133 Å². The van der Waals surface area contributed by atoms with Gasteiger partial charge in [-0.15, -0.1) is 0 Å². The molecular weight excluding hydrogens is 612 g/mol. The van der Waals surface area contributed by atoms with Gasteiger partial charge in [-0.1, -0.05) is 38.5 Å². The molecule has 236 valence electrons. The standard InChI is InChI=1S/C30H35F2N5O5S2/c1-18-8-10-20(11-9-18)44(40,41)37-15-22(21-12-19(31)13-34-28(21)37)26-33-14-23(32)27(36-26)35-24(29(2,3)4)16-43(39)17-25(38)42-30(5,6)7/h8-15,24H,16-17H2,1-7H3,(H,33,35,36)/t24-,43?/m1/s1. The molecule has 1 unspecified atom stereocenters. The highest BCUT2D eigenvalue weighted by atomic mass is 32.2. The van der Waals surface area contributed by atoms with Crippen LogP contribution in [0.3, 0.4) is 0 Å². The van der Waals surface area contributed by atoms with Crippen LogP contribution in [0, 0.1) is 24.0 Å². The van der Waals surface area contributed by atoms with Crippen molar-refractivity contribution >= 4 is 43.6 Å². The number of carbonyl (C=O) groups is 1. The molecule has 0 amide bonds. The molecule has 10 nitrogen and oxygen atoms in total. The smallest absolute Gasteiger partial charge is 0.319 e. The van der Waals surface area contributed by atoms with Crippen molar-refractivity contribution in [3.8, 4) is 11.4 Å². The van der Waals surface area contributed by atoms with Crippen LogP contribution in [0.25, 0.3) is 22.4 Å². The van der Waals surface area contributed by atoms with E-state index in [0.717, 1.165) is 28.0 Å². The quantitative estimate of drug-likeness (QED) is 0.242. The molecule has 0 aliphatic heterocycles. The van der Waals surface area contributed by atoms with Crippen LogP contribution in [0.15, 0.2) is 53.8 Å². The third-order valence-electron chi connectivity index (χ3n) is 6.55. The van der Waals surface area contributed by atoms with E-state index in [4.69, 9.17) is 4.74 Å². The van der Waals surface area contributed by atoms with Crippen LogP contribution >= 0.6 is 0 Å². The molecule has 44 heavy (non-hydrogen) atoms. The minimum atomic E-state index is -4.16. The first-order valence-corrected chi connectivity index (χ1v) is 16.6. The lowest BCUT2D eigenvalue weighted by molar-refractivity contribution is -0.151. The molecule has 0 fully saturated rings. The SMILES string of the molecule is Cc1ccc(S(=O)(=O)n2cc(-c3ncc(F)c(N[C@H](CS(=O)CC(=O)OC(C)(C)C)C(C)(C)C)n3)c3cc(F)cnc32)cc1. The Bertz CT molecular complexity index is 1830. The van der Waals surface area contributed by atoms with E-state index in [0.29, 0.717) is 0 Å². The molecule has 0 saturated heterocycles. The Kier molecular flexibility index (Phi) is 9.27. The van der Waals surface area contributed by atoms with E-state index in [-0.39, 0.29) is 44.6 Å². The van der Waals surface area contributed by atoms with Gasteiger partial charge in [-0.05, 0) is 51.3 Å². The fourth-order valence-electron chi connectivity index (χ4n) is 4.26. The molecule has 1 N–H and O–H groups in total. The summed E-state index contributed by atoms with van der Waals surface area (Å²) in [5, 5.41) is 3.09. The number of hydrogen-bond acceptors (Lipinski definition) is 9. The monoisotopic (exact) mass is 647 g/mol. The highest BCUT2D eigenvalue weighted by Crippen LogP contribution is 2.32. The molecule has 2 atom stereocenters. The minimum absolute atomic E-state index is 0.00698. The predicted molar refractivity (Wildman–Crippen MR) is 165 cm³/mol. The molecule has 4 rings (SSSR count). The molecule has 0 saturated carbocycles. The van der Waals surface area contributed by atoms with E-state index in [1.54, 1.807) is 32.9 Å². The highest BCUT2D eigenvalue weighted by molar-refractivity contribution is 7.90. The summed E-state index contributed by atoms with van der Waals surface area (Å²) in [4.78, 5) is 24.6. The van der Waals surface area contributed by atoms with Crippen LogP contribution in [-0.2, 0) is 30.4 Å². The van der Waals surface area contributed by atoms with Gasteiger partial charge in [0.1, 0.15) is 17.2 Å². The van der Waals surface area contributed by atoms with Gasteiger partial charge in [0.05, 0.1) is 17.3 Å². The van der Waals surface area contributed by atoms with Crippen molar-refractivity contribution in [2.24, 2.45) is 5.41 Å². The van der Waals surface area contributed by atoms with E-state index < -0.39 is 55.5 Å². The minimum Gasteiger partial charge on any atom is -0.459 e. The Morgan fingerprint density at radius 3 is 2.34 bits per heavy atom. The number of anilines is 1. The number of carbonyl (C=O) groups excluding carboxylic acids is 1. The number of ether oxygens (including phenoxy) is 1. The van der Waals surface area contributed by atoms with Crippen molar-refractivity contribution < 1.29 is 30.9 Å². The van der Waals surface area contributed by atoms with Crippen molar-refractivity contribution in [1.29, 1.82) is 0 Å². The third-order valence-corrected chi connectivity index (χ3v) is 9.48. The van der Waals surface area contributed by atoms with Crippen LogP contribution in [0.2, 0.25) is 0 Å². The summed E-state index contributed by atoms with van der Waals surface area (Å²) in [5.41, 5.74) is -0.387. The average Bonchev–Trinajstić information content (AvgIpc) is 3.27. The molecule has 0 bridgehead atoms. The zero-order valence-electron chi connectivity index (χ0n) is 25.5. The van der Waals surface area contributed by atoms with Gasteiger partial charge < -0.3 is 10.1 Å². The summed E-state index contributed by atoms with van der Waals surface area (Å²) in [5.74, 6) is -2.84. The van der Waals surface area contributed by atoms with Crippen LogP contribution in [-0.4, -0.2) is 60.7 Å². The van der Waals surface area contributed by atoms with Crippen molar-refractivity contribution in [1.82, 2.24) is 18.9 Å². The van der Waals surface area contributed by atoms with Crippen LogP contribution in [0.5, 0.6) is 0 Å². The lowest BCUT2D eigenvalue weighted by Crippen LogP contribution is -2.40. The number of benzene rings is 1. The Balaban J connectivity index is 1.72. The van der Waals surface area contributed by atoms with Gasteiger partial charge in [0.15, 0.2) is 23.1 Å². The van der Waals surface area contributed by atoms with Gasteiger partial charge >= 0.3 is 5.97 Å². The van der Waals surface area contributed by atoms with Gasteiger partial charge in [0, 0.05) is 39.7 Å². The summed E-state index contributed by atoms with van der Waals surface area (Å²) in [7, 11) is -5.81. The van der Waals surface area contributed by atoms with Gasteiger partial charge in [-0.2, -0.15) is 0 Å². The summed E-state index contributed by atoms with van der Waals surface area (Å²) in [6.07, 6.45) is 3.03. The number of esters is 1. The number of nitrogens with zero attached hydrogens (tertiary/aromatic N) is 4. The van der Waals surface area contributed by atoms with E-state index in [2.05, 4.69) is 20.3 Å². The van der Waals surface area contributed by atoms with Crippen LogP contribution in [0.1, 0.15) is 47.1 Å². The zero-order valence-corrected chi connectivity index (χ0v) is 27.1. The lowest BCUT2D eigenvalue weighted by atomic mass is 9.88. The Labute approximate surface area is 257 Å². The molecule has 3 heterocycles. The fourth-order valence-corrected chi connectivity index (χ4v) is 6.98. The first-order chi connectivity index (χ1) is 20.3. The van der Waals surface area contributed by atoms with E-state index >= 15 is 4.39 Å². The Hall–Kier alpha value is -3.78. The van der Waals surface area contributed by atoms with Gasteiger partial charge in [0.25, 0.3) is 10.0 Å². The maximum atomic E-state index is 15.1. The molecule has 0 aliphatic carbocycles. The number of aromatic nitrogens is 4. The lowest BCUT2D eigenvalue weighted by Gasteiger charge is -2.31. The Morgan fingerprint density at radius 2 is 1.73 bits per heavy atom. The van der Waals surface area contributed by atoms with Crippen molar-refractivity contribution in [3.05, 3.63) is 66.1 Å². The Morgan fingerprint density at radius 1 is 1.07 bits per heavy atom. The number of rotatable bonds is 9. The largest absolute Gasteiger partial charge is 0.459 e. The number of fused-ring (bicyclic) bond motifs is 1. The normalized spacial score (nSPS) is 13.9. The number of nitrogens with one attached hydrogen (secondary N) is 1. The van der Waals surface area contributed by atoms with Crippen LogP contribution < -0.4 is 5.32 Å². The molecule has 0 radical (unpaired) electrons. The second-order valence-electron chi connectivity index (χ2n) is 12.5. The summed E-state index contributed by atoms with van der Waals surface area (Å²) < 4.78 is 75.7. The average molecular weight is 648 g/mol. The predicted octanol–water partition coefficient (Wildman–Crippen LogP) is 5.23. The molecular formula is C30H35F2N5O5S2. The third kappa shape index (κ3) is 7.65. The van der Waals surface area contributed by atoms with E-state index in [1.165, 1.54) is 18.3 Å². The maximum Gasteiger partial charge on any atom is 0.319 e. The second-order valence-corrected chi connectivity index (χ2v) is 15.8. The van der Waals surface area contributed by atoms with Crippen LogP contribution in [0.4, 0.5) is 14.6 Å². The first kappa shape index (κ1) is 33.1. The zero-order chi connectivity index (χ0) is 32.6. The fraction of sp³-hybridized carbons (Fsp3) is 0.400. The van der Waals surface area contributed by atoms with E-state index in [9.17, 15) is 21.8 Å². The van der Waals surface area contributed by atoms with Gasteiger partial charge in [-0.25, -0.2) is 36.1 Å². The number of pyridine rings is 1. The van der Waals surface area contributed by atoms with Crippen molar-refractivity contribution in [2.45, 2.75) is 65.0 Å². The van der Waals surface area contributed by atoms with Gasteiger partial charge in [-0.3, -0.25) is 9.00 Å². The molecule has 0 aliphatic rings.